The molecule has 3 nitrogen and oxygen atoms in total. The number of hydrogen-bond acceptors (Lipinski definition) is 2. The van der Waals surface area contributed by atoms with Crippen molar-refractivity contribution in [3.05, 3.63) is 35.1 Å². The first kappa shape index (κ1) is 14.5. The van der Waals surface area contributed by atoms with Gasteiger partial charge in [0, 0.05) is 12.1 Å². The number of carbonyl (C=O) groups excluding carboxylic acids is 1. The van der Waals surface area contributed by atoms with Gasteiger partial charge in [0.25, 0.3) is 5.91 Å². The van der Waals surface area contributed by atoms with E-state index in [-0.39, 0.29) is 23.4 Å². The van der Waals surface area contributed by atoms with E-state index in [0.29, 0.717) is 12.1 Å². The van der Waals surface area contributed by atoms with E-state index in [0.717, 1.165) is 12.8 Å². The Kier molecular flexibility index (Phi) is 4.41. The molecule has 0 unspecified atom stereocenters. The molecule has 4 heteroatoms. The summed E-state index contributed by atoms with van der Waals surface area (Å²) in [7, 11) is 0. The van der Waals surface area contributed by atoms with Gasteiger partial charge in [-0.05, 0) is 36.5 Å². The zero-order valence-electron chi connectivity index (χ0n) is 11.6. The van der Waals surface area contributed by atoms with E-state index < -0.39 is 5.82 Å². The molecular weight excluding hydrogens is 255 g/mol. The van der Waals surface area contributed by atoms with Gasteiger partial charge in [-0.2, -0.15) is 0 Å². The van der Waals surface area contributed by atoms with Crippen LogP contribution in [0, 0.1) is 23.1 Å². The fraction of sp³-hybridized carbons (Fsp3) is 0.438. The van der Waals surface area contributed by atoms with Gasteiger partial charge in [-0.3, -0.25) is 4.79 Å². The van der Waals surface area contributed by atoms with Crippen LogP contribution in [0.2, 0.25) is 0 Å². The maximum Gasteiger partial charge on any atom is 0.252 e. The number of nitrogens with two attached hydrogens (primary N) is 1. The van der Waals surface area contributed by atoms with Gasteiger partial charge in [-0.25, -0.2) is 4.39 Å². The Morgan fingerprint density at radius 3 is 2.85 bits per heavy atom. The van der Waals surface area contributed by atoms with E-state index >= 15 is 0 Å². The van der Waals surface area contributed by atoms with Gasteiger partial charge in [-0.1, -0.05) is 25.2 Å². The Bertz CT molecular complexity index is 568. The Hall–Kier alpha value is -1.86. The van der Waals surface area contributed by atoms with Crippen LogP contribution >= 0.6 is 0 Å². The largest absolute Gasteiger partial charge is 0.351 e. The van der Waals surface area contributed by atoms with Crippen LogP contribution in [-0.4, -0.2) is 19.0 Å². The summed E-state index contributed by atoms with van der Waals surface area (Å²) in [5.41, 5.74) is 6.29. The molecule has 0 radical (unpaired) electrons. The van der Waals surface area contributed by atoms with Crippen LogP contribution in [0.1, 0.15) is 42.1 Å². The van der Waals surface area contributed by atoms with Gasteiger partial charge in [-0.15, -0.1) is 0 Å². The number of hydrogen-bond donors (Lipinski definition) is 2. The number of rotatable bonds is 3. The Labute approximate surface area is 118 Å². The molecule has 20 heavy (non-hydrogen) atoms. The second kappa shape index (κ2) is 6.06. The molecule has 1 saturated carbocycles. The van der Waals surface area contributed by atoms with Crippen molar-refractivity contribution in [3.8, 4) is 11.8 Å². The highest BCUT2D eigenvalue weighted by molar-refractivity contribution is 5.96. The van der Waals surface area contributed by atoms with Crippen molar-refractivity contribution in [1.29, 1.82) is 0 Å². The molecule has 1 aliphatic rings. The maximum absolute atomic E-state index is 13.3. The molecular formula is C16H19FN2O. The molecule has 0 saturated heterocycles. The lowest BCUT2D eigenvalue weighted by atomic mass is 9.70. The summed E-state index contributed by atoms with van der Waals surface area (Å²) < 4.78 is 13.3. The fourth-order valence-corrected chi connectivity index (χ4v) is 2.31. The predicted molar refractivity (Wildman–Crippen MR) is 76.6 cm³/mol. The minimum atomic E-state index is -0.441. The fourth-order valence-electron chi connectivity index (χ4n) is 2.31. The minimum Gasteiger partial charge on any atom is -0.351 e. The molecule has 2 rings (SSSR count). The van der Waals surface area contributed by atoms with Crippen molar-refractivity contribution in [2.45, 2.75) is 26.2 Å². The molecule has 0 aromatic heterocycles. The van der Waals surface area contributed by atoms with E-state index in [4.69, 9.17) is 5.73 Å². The lowest BCUT2D eigenvalue weighted by molar-refractivity contribution is 0.0890. The molecule has 0 atom stereocenters. The molecule has 1 aromatic rings. The van der Waals surface area contributed by atoms with Crippen molar-refractivity contribution in [1.82, 2.24) is 5.32 Å². The highest BCUT2D eigenvalue weighted by atomic mass is 19.1. The molecule has 1 aliphatic carbocycles. The Morgan fingerprint density at radius 2 is 2.25 bits per heavy atom. The summed E-state index contributed by atoms with van der Waals surface area (Å²) in [5, 5.41) is 2.88. The predicted octanol–water partition coefficient (Wildman–Crippen LogP) is 2.06. The van der Waals surface area contributed by atoms with Gasteiger partial charge >= 0.3 is 0 Å². The van der Waals surface area contributed by atoms with Crippen LogP contribution in [0.5, 0.6) is 0 Å². The first-order chi connectivity index (χ1) is 9.54. The number of nitrogens with one attached hydrogen (secondary N) is 1. The van der Waals surface area contributed by atoms with Gasteiger partial charge in [0.05, 0.1) is 12.1 Å². The lowest BCUT2D eigenvalue weighted by Crippen LogP contribution is -2.40. The van der Waals surface area contributed by atoms with Crippen LogP contribution in [0.25, 0.3) is 0 Å². The first-order valence-corrected chi connectivity index (χ1v) is 6.81. The third-order valence-electron chi connectivity index (χ3n) is 3.79. The van der Waals surface area contributed by atoms with Crippen molar-refractivity contribution < 1.29 is 9.18 Å². The summed E-state index contributed by atoms with van der Waals surface area (Å²) in [4.78, 5) is 12.2. The highest BCUT2D eigenvalue weighted by Gasteiger charge is 2.32. The van der Waals surface area contributed by atoms with Crippen molar-refractivity contribution >= 4 is 5.91 Å². The molecule has 0 bridgehead atoms. The quantitative estimate of drug-likeness (QED) is 0.829. The average Bonchev–Trinajstić information content (AvgIpc) is 2.41. The van der Waals surface area contributed by atoms with Crippen molar-refractivity contribution in [2.75, 3.05) is 13.1 Å². The second-order valence-electron chi connectivity index (χ2n) is 5.54. The van der Waals surface area contributed by atoms with Crippen LogP contribution in [-0.2, 0) is 0 Å². The molecule has 1 amide bonds. The van der Waals surface area contributed by atoms with Crippen LogP contribution in [0.15, 0.2) is 18.2 Å². The number of benzene rings is 1. The number of amides is 1. The van der Waals surface area contributed by atoms with Crippen molar-refractivity contribution in [3.63, 3.8) is 0 Å². The monoisotopic (exact) mass is 274 g/mol. The number of halogens is 1. The zero-order valence-corrected chi connectivity index (χ0v) is 11.6. The normalized spacial score (nSPS) is 15.8. The van der Waals surface area contributed by atoms with Gasteiger partial charge < -0.3 is 11.1 Å². The smallest absolute Gasteiger partial charge is 0.252 e. The second-order valence-corrected chi connectivity index (χ2v) is 5.54. The molecule has 3 N–H and O–H groups in total. The molecule has 106 valence electrons. The third kappa shape index (κ3) is 3.37. The Balaban J connectivity index is 2.13. The summed E-state index contributed by atoms with van der Waals surface area (Å²) in [6.45, 7) is 2.97. The summed E-state index contributed by atoms with van der Waals surface area (Å²) in [6, 6.07) is 4.03. The molecule has 1 fully saturated rings. The lowest BCUT2D eigenvalue weighted by Gasteiger charge is -2.38. The van der Waals surface area contributed by atoms with Crippen LogP contribution < -0.4 is 11.1 Å². The van der Waals surface area contributed by atoms with Crippen LogP contribution in [0.4, 0.5) is 4.39 Å². The highest BCUT2D eigenvalue weighted by Crippen LogP contribution is 2.39. The average molecular weight is 274 g/mol. The molecule has 0 aliphatic heterocycles. The van der Waals surface area contributed by atoms with E-state index in [1.807, 2.05) is 0 Å². The van der Waals surface area contributed by atoms with Crippen molar-refractivity contribution in [2.24, 2.45) is 11.1 Å². The standard InChI is InChI=1S/C16H19FN2O/c1-16(7-3-8-16)11-19-15(20)14-10-13(17)6-5-12(14)4-2-9-18/h5-6,10H,3,7-9,11,18H2,1H3,(H,19,20). The van der Waals surface area contributed by atoms with Gasteiger partial charge in [0.2, 0.25) is 0 Å². The zero-order chi connectivity index (χ0) is 14.6. The molecule has 0 spiro atoms. The van der Waals surface area contributed by atoms with Crippen LogP contribution in [0.3, 0.4) is 0 Å². The van der Waals surface area contributed by atoms with E-state index in [2.05, 4.69) is 24.1 Å². The van der Waals surface area contributed by atoms with E-state index in [1.165, 1.54) is 24.6 Å². The van der Waals surface area contributed by atoms with Gasteiger partial charge in [0.15, 0.2) is 0 Å². The first-order valence-electron chi connectivity index (χ1n) is 6.81. The topological polar surface area (TPSA) is 55.1 Å². The summed E-state index contributed by atoms with van der Waals surface area (Å²) in [6.07, 6.45) is 3.45. The SMILES string of the molecule is CC1(CNC(=O)c2cc(F)ccc2C#CCN)CCC1. The van der Waals surface area contributed by atoms with E-state index in [9.17, 15) is 9.18 Å². The third-order valence-corrected chi connectivity index (χ3v) is 3.79. The molecule has 0 heterocycles. The minimum absolute atomic E-state index is 0.187. The maximum atomic E-state index is 13.3. The van der Waals surface area contributed by atoms with Gasteiger partial charge in [0.1, 0.15) is 5.82 Å². The summed E-state index contributed by atoms with van der Waals surface area (Å²) >= 11 is 0. The molecule has 1 aromatic carbocycles. The van der Waals surface area contributed by atoms with E-state index in [1.54, 1.807) is 0 Å². The summed E-state index contributed by atoms with van der Waals surface area (Å²) in [5.74, 6) is 4.77. The number of carbonyl (C=O) groups is 1. The Morgan fingerprint density at radius 1 is 1.50 bits per heavy atom.